The van der Waals surface area contributed by atoms with Crippen LogP contribution in [-0.2, 0) is 11.2 Å². The number of aromatic nitrogens is 3. The Bertz CT molecular complexity index is 598. The van der Waals surface area contributed by atoms with Gasteiger partial charge < -0.3 is 9.84 Å². The van der Waals surface area contributed by atoms with Crippen LogP contribution in [0, 0.1) is 0 Å². The zero-order chi connectivity index (χ0) is 16.5. The normalized spacial score (nSPS) is 12.1. The second-order valence-electron chi connectivity index (χ2n) is 5.72. The van der Waals surface area contributed by atoms with E-state index in [1.54, 1.807) is 12.4 Å². The highest BCUT2D eigenvalue weighted by Gasteiger charge is 2.12. The Hall–Kier alpha value is -2.24. The molecule has 0 saturated carbocycles. The quantitative estimate of drug-likeness (QED) is 0.719. The van der Waals surface area contributed by atoms with Gasteiger partial charge in [-0.25, -0.2) is 0 Å². The number of hydrogen-bond donors (Lipinski definition) is 1. The molecule has 0 aliphatic heterocycles. The van der Waals surface area contributed by atoms with Crippen LogP contribution in [0.3, 0.4) is 0 Å². The molecule has 0 saturated heterocycles. The molecule has 0 aliphatic carbocycles. The highest BCUT2D eigenvalue weighted by atomic mass is 16.5. The van der Waals surface area contributed by atoms with Gasteiger partial charge in [0.05, 0.1) is 0 Å². The van der Waals surface area contributed by atoms with Crippen LogP contribution < -0.4 is 5.32 Å². The largest absolute Gasteiger partial charge is 0.354 e. The minimum atomic E-state index is 0.0233. The predicted molar refractivity (Wildman–Crippen MR) is 87.6 cm³/mol. The number of pyridine rings is 1. The summed E-state index contributed by atoms with van der Waals surface area (Å²) in [7, 11) is 0. The zero-order valence-corrected chi connectivity index (χ0v) is 13.8. The molecule has 6 heteroatoms. The van der Waals surface area contributed by atoms with Gasteiger partial charge in [0, 0.05) is 36.8 Å². The van der Waals surface area contributed by atoms with Gasteiger partial charge in [0.2, 0.25) is 17.6 Å². The molecule has 23 heavy (non-hydrogen) atoms. The SMILES string of the molecule is CCCCC[C@@H](C)NC(=O)CCc1nc(-c2cccnc2)no1. The smallest absolute Gasteiger partial charge is 0.227 e. The lowest BCUT2D eigenvalue weighted by molar-refractivity contribution is -0.121. The third-order valence-corrected chi connectivity index (χ3v) is 3.60. The second-order valence-corrected chi connectivity index (χ2v) is 5.72. The monoisotopic (exact) mass is 316 g/mol. The third-order valence-electron chi connectivity index (χ3n) is 3.60. The summed E-state index contributed by atoms with van der Waals surface area (Å²) in [5.74, 6) is 0.995. The lowest BCUT2D eigenvalue weighted by atomic mass is 10.1. The van der Waals surface area contributed by atoms with Crippen molar-refractivity contribution >= 4 is 5.91 Å². The predicted octanol–water partition coefficient (Wildman–Crippen LogP) is 3.15. The average molecular weight is 316 g/mol. The van der Waals surface area contributed by atoms with E-state index in [4.69, 9.17) is 4.52 Å². The number of nitrogens with one attached hydrogen (secondary N) is 1. The minimum Gasteiger partial charge on any atom is -0.354 e. The molecular weight excluding hydrogens is 292 g/mol. The summed E-state index contributed by atoms with van der Waals surface area (Å²) in [6.45, 7) is 4.22. The number of amides is 1. The van der Waals surface area contributed by atoms with Crippen molar-refractivity contribution < 1.29 is 9.32 Å². The maximum atomic E-state index is 11.9. The Morgan fingerprint density at radius 3 is 3.00 bits per heavy atom. The molecule has 6 nitrogen and oxygen atoms in total. The van der Waals surface area contributed by atoms with Crippen LogP contribution in [0.4, 0.5) is 0 Å². The van der Waals surface area contributed by atoms with Gasteiger partial charge in [0.1, 0.15) is 0 Å². The Balaban J connectivity index is 1.75. The van der Waals surface area contributed by atoms with Crippen LogP contribution in [0.1, 0.15) is 51.8 Å². The lowest BCUT2D eigenvalue weighted by Crippen LogP contribution is -2.32. The molecule has 1 N–H and O–H groups in total. The fourth-order valence-corrected chi connectivity index (χ4v) is 2.31. The van der Waals surface area contributed by atoms with Crippen molar-refractivity contribution in [3.63, 3.8) is 0 Å². The number of carbonyl (C=O) groups excluding carboxylic acids is 1. The van der Waals surface area contributed by atoms with Gasteiger partial charge in [0.15, 0.2) is 0 Å². The van der Waals surface area contributed by atoms with Crippen LogP contribution in [0.15, 0.2) is 29.0 Å². The van der Waals surface area contributed by atoms with Gasteiger partial charge in [0.25, 0.3) is 0 Å². The van der Waals surface area contributed by atoms with Crippen molar-refractivity contribution in [3.05, 3.63) is 30.4 Å². The summed E-state index contributed by atoms with van der Waals surface area (Å²) in [4.78, 5) is 20.2. The number of hydrogen-bond acceptors (Lipinski definition) is 5. The van der Waals surface area contributed by atoms with E-state index in [2.05, 4.69) is 27.4 Å². The highest BCUT2D eigenvalue weighted by Crippen LogP contribution is 2.14. The summed E-state index contributed by atoms with van der Waals surface area (Å²) in [6.07, 6.45) is 8.74. The van der Waals surface area contributed by atoms with Gasteiger partial charge in [-0.3, -0.25) is 9.78 Å². The van der Waals surface area contributed by atoms with Crippen LogP contribution in [0.25, 0.3) is 11.4 Å². The van der Waals surface area contributed by atoms with Crippen molar-refractivity contribution in [1.29, 1.82) is 0 Å². The molecule has 2 aromatic rings. The Labute approximate surface area is 136 Å². The van der Waals surface area contributed by atoms with E-state index < -0.39 is 0 Å². The third kappa shape index (κ3) is 5.81. The van der Waals surface area contributed by atoms with Crippen LogP contribution in [-0.4, -0.2) is 27.1 Å². The van der Waals surface area contributed by atoms with Crippen molar-refractivity contribution in [2.24, 2.45) is 0 Å². The molecule has 124 valence electrons. The van der Waals surface area contributed by atoms with Gasteiger partial charge in [-0.2, -0.15) is 4.98 Å². The molecular formula is C17H24N4O2. The van der Waals surface area contributed by atoms with E-state index in [9.17, 15) is 4.79 Å². The lowest BCUT2D eigenvalue weighted by Gasteiger charge is -2.12. The maximum Gasteiger partial charge on any atom is 0.227 e. The second kappa shape index (κ2) is 9.02. The number of carbonyl (C=O) groups is 1. The molecule has 0 unspecified atom stereocenters. The van der Waals surface area contributed by atoms with Gasteiger partial charge in [-0.05, 0) is 25.5 Å². The minimum absolute atomic E-state index is 0.0233. The first-order valence-electron chi connectivity index (χ1n) is 8.21. The van der Waals surface area contributed by atoms with Crippen LogP contribution in [0.5, 0.6) is 0 Å². The van der Waals surface area contributed by atoms with Crippen molar-refractivity contribution in [3.8, 4) is 11.4 Å². The summed E-state index contributed by atoms with van der Waals surface area (Å²) in [5.41, 5.74) is 0.802. The molecule has 1 atom stereocenters. The van der Waals surface area contributed by atoms with Gasteiger partial charge in [-0.15, -0.1) is 0 Å². The van der Waals surface area contributed by atoms with Crippen molar-refractivity contribution in [1.82, 2.24) is 20.4 Å². The number of unbranched alkanes of at least 4 members (excludes halogenated alkanes) is 2. The fraction of sp³-hybridized carbons (Fsp3) is 0.529. The number of aryl methyl sites for hydroxylation is 1. The average Bonchev–Trinajstić information content (AvgIpc) is 3.03. The van der Waals surface area contributed by atoms with E-state index in [1.807, 2.05) is 19.1 Å². The van der Waals surface area contributed by atoms with Gasteiger partial charge >= 0.3 is 0 Å². The van der Waals surface area contributed by atoms with Gasteiger partial charge in [-0.1, -0.05) is 31.3 Å². The molecule has 0 radical (unpaired) electrons. The first kappa shape index (κ1) is 17.1. The summed E-state index contributed by atoms with van der Waals surface area (Å²) in [5, 5.41) is 6.93. The summed E-state index contributed by atoms with van der Waals surface area (Å²) >= 11 is 0. The molecule has 2 aromatic heterocycles. The number of rotatable bonds is 9. The Morgan fingerprint density at radius 1 is 1.39 bits per heavy atom. The molecule has 0 fully saturated rings. The number of nitrogens with zero attached hydrogens (tertiary/aromatic N) is 3. The molecule has 0 bridgehead atoms. The zero-order valence-electron chi connectivity index (χ0n) is 13.8. The van der Waals surface area contributed by atoms with E-state index in [1.165, 1.54) is 12.8 Å². The van der Waals surface area contributed by atoms with Crippen LogP contribution in [0.2, 0.25) is 0 Å². The molecule has 0 aliphatic rings. The topological polar surface area (TPSA) is 80.9 Å². The highest BCUT2D eigenvalue weighted by molar-refractivity contribution is 5.76. The van der Waals surface area contributed by atoms with E-state index in [0.29, 0.717) is 24.6 Å². The molecule has 2 rings (SSSR count). The van der Waals surface area contributed by atoms with E-state index in [-0.39, 0.29) is 11.9 Å². The molecule has 1 amide bonds. The van der Waals surface area contributed by atoms with Crippen LogP contribution >= 0.6 is 0 Å². The Morgan fingerprint density at radius 2 is 2.26 bits per heavy atom. The maximum absolute atomic E-state index is 11.9. The Kier molecular flexibility index (Phi) is 6.72. The van der Waals surface area contributed by atoms with Crippen molar-refractivity contribution in [2.75, 3.05) is 0 Å². The van der Waals surface area contributed by atoms with E-state index >= 15 is 0 Å². The summed E-state index contributed by atoms with van der Waals surface area (Å²) < 4.78 is 5.18. The standard InChI is InChI=1S/C17H24N4O2/c1-3-4-5-7-13(2)19-15(22)9-10-16-20-17(21-23-16)14-8-6-11-18-12-14/h6,8,11-13H,3-5,7,9-10H2,1-2H3,(H,19,22)/t13-/m1/s1. The molecule has 0 aromatic carbocycles. The first-order chi connectivity index (χ1) is 11.2. The molecule has 2 heterocycles. The molecule has 0 spiro atoms. The fourth-order valence-electron chi connectivity index (χ4n) is 2.31. The first-order valence-corrected chi connectivity index (χ1v) is 8.21. The van der Waals surface area contributed by atoms with E-state index in [0.717, 1.165) is 18.4 Å². The van der Waals surface area contributed by atoms with Crippen molar-refractivity contribution in [2.45, 2.75) is 58.4 Å². The summed E-state index contributed by atoms with van der Waals surface area (Å²) in [6, 6.07) is 3.90.